The van der Waals surface area contributed by atoms with Crippen LogP contribution < -0.4 is 4.74 Å². The molecule has 7 rings (SSSR count). The van der Waals surface area contributed by atoms with Gasteiger partial charge >= 0.3 is 0 Å². The smallest absolute Gasteiger partial charge is 0.163 e. The molecule has 0 bridgehead atoms. The molecule has 4 aromatic carbocycles. The second-order valence-corrected chi connectivity index (χ2v) is 11.2. The van der Waals surface area contributed by atoms with E-state index in [1.54, 1.807) is 0 Å². The molecule has 3 heterocycles. The molecular formula is C34H20N4OS. The zero-order valence-electron chi connectivity index (χ0n) is 22.0. The lowest BCUT2D eigenvalue weighted by molar-refractivity contribution is 0.480. The van der Waals surface area contributed by atoms with E-state index in [2.05, 4.69) is 86.0 Å². The molecule has 0 fully saturated rings. The van der Waals surface area contributed by atoms with E-state index < -0.39 is 0 Å². The van der Waals surface area contributed by atoms with Crippen LogP contribution in [-0.4, -0.2) is 4.57 Å². The molecule has 0 aliphatic carbocycles. The Morgan fingerprint density at radius 3 is 2.12 bits per heavy atom. The van der Waals surface area contributed by atoms with Gasteiger partial charge in [0.2, 0.25) is 0 Å². The van der Waals surface area contributed by atoms with Crippen molar-refractivity contribution in [3.8, 4) is 56.3 Å². The van der Waals surface area contributed by atoms with E-state index in [1.165, 1.54) is 45.7 Å². The third-order valence-electron chi connectivity index (χ3n) is 7.61. The molecule has 0 unspecified atom stereocenters. The zero-order chi connectivity index (χ0) is 27.7. The van der Waals surface area contributed by atoms with Crippen LogP contribution in [0.3, 0.4) is 0 Å². The fourth-order valence-electron chi connectivity index (χ4n) is 5.91. The van der Waals surface area contributed by atoms with Crippen molar-refractivity contribution in [1.82, 2.24) is 4.57 Å². The summed E-state index contributed by atoms with van der Waals surface area (Å²) in [4.78, 5) is 0.743. The number of aromatic nitrogens is 1. The molecule has 1 aliphatic heterocycles. The summed E-state index contributed by atoms with van der Waals surface area (Å²) in [5, 5.41) is 32.4. The number of ether oxygens (including phenoxy) is 1. The maximum Gasteiger partial charge on any atom is 0.163 e. The van der Waals surface area contributed by atoms with Crippen molar-refractivity contribution in [2.45, 2.75) is 20.8 Å². The standard InChI is InChI=1S/C34H20N4OS/c1-18-7-8-27-25(9-18)26-12-22(31-19(2)5-4-6-20(31)3)13-28-33(26)38(27)34-29(39-28)14-30(40-34)32-23(16-36)10-21(15-35)11-24(32)17-37/h4-14H,1-3H3. The Labute approximate surface area is 235 Å². The summed E-state index contributed by atoms with van der Waals surface area (Å²) in [6.45, 7) is 6.36. The Balaban J connectivity index is 1.54. The molecule has 188 valence electrons. The van der Waals surface area contributed by atoms with E-state index in [-0.39, 0.29) is 5.56 Å². The van der Waals surface area contributed by atoms with E-state index in [0.29, 0.717) is 22.4 Å². The van der Waals surface area contributed by atoms with Gasteiger partial charge in [-0.2, -0.15) is 15.8 Å². The van der Waals surface area contributed by atoms with Gasteiger partial charge in [0.25, 0.3) is 0 Å². The highest BCUT2D eigenvalue weighted by molar-refractivity contribution is 7.18. The van der Waals surface area contributed by atoms with E-state index >= 15 is 0 Å². The Hall–Kier alpha value is -5.35. The quantitative estimate of drug-likeness (QED) is 0.223. The lowest BCUT2D eigenvalue weighted by Crippen LogP contribution is -2.01. The number of nitriles is 3. The van der Waals surface area contributed by atoms with Crippen molar-refractivity contribution < 1.29 is 4.74 Å². The van der Waals surface area contributed by atoms with Gasteiger partial charge in [-0.25, -0.2) is 0 Å². The Morgan fingerprint density at radius 1 is 0.725 bits per heavy atom. The molecular weight excluding hydrogens is 512 g/mol. The van der Waals surface area contributed by atoms with Gasteiger partial charge in [0.1, 0.15) is 5.00 Å². The van der Waals surface area contributed by atoms with Crippen LogP contribution in [0.2, 0.25) is 0 Å². The van der Waals surface area contributed by atoms with Crippen LogP contribution in [0.5, 0.6) is 11.5 Å². The summed E-state index contributed by atoms with van der Waals surface area (Å²) in [5.41, 5.74) is 9.34. The van der Waals surface area contributed by atoms with Gasteiger partial charge in [0.15, 0.2) is 11.5 Å². The summed E-state index contributed by atoms with van der Waals surface area (Å²) in [6, 6.07) is 28.6. The number of nitrogens with zero attached hydrogens (tertiary/aromatic N) is 4. The molecule has 6 heteroatoms. The first-order valence-corrected chi connectivity index (χ1v) is 13.6. The summed E-state index contributed by atoms with van der Waals surface area (Å²) < 4.78 is 8.86. The van der Waals surface area contributed by atoms with Gasteiger partial charge < -0.3 is 4.74 Å². The van der Waals surface area contributed by atoms with Crippen molar-refractivity contribution >= 4 is 33.1 Å². The molecule has 1 aliphatic rings. The summed E-state index contributed by atoms with van der Waals surface area (Å²) in [6.07, 6.45) is 0. The molecule has 0 radical (unpaired) electrons. The number of hydrogen-bond acceptors (Lipinski definition) is 5. The minimum atomic E-state index is 0.286. The van der Waals surface area contributed by atoms with E-state index in [0.717, 1.165) is 43.0 Å². The highest BCUT2D eigenvalue weighted by Gasteiger charge is 2.29. The van der Waals surface area contributed by atoms with Crippen LogP contribution in [0.1, 0.15) is 33.4 Å². The lowest BCUT2D eigenvalue weighted by atomic mass is 9.94. The first-order chi connectivity index (χ1) is 19.4. The highest BCUT2D eigenvalue weighted by atomic mass is 32.1. The third-order valence-corrected chi connectivity index (χ3v) is 8.73. The topological polar surface area (TPSA) is 85.5 Å². The van der Waals surface area contributed by atoms with Crippen LogP contribution in [0, 0.1) is 54.8 Å². The second kappa shape index (κ2) is 8.58. The molecule has 0 saturated carbocycles. The fourth-order valence-corrected chi connectivity index (χ4v) is 7.09. The summed E-state index contributed by atoms with van der Waals surface area (Å²) >= 11 is 1.48. The van der Waals surface area contributed by atoms with Crippen molar-refractivity contribution in [3.63, 3.8) is 0 Å². The zero-order valence-corrected chi connectivity index (χ0v) is 22.8. The summed E-state index contributed by atoms with van der Waals surface area (Å²) in [7, 11) is 0. The maximum atomic E-state index is 9.90. The Morgan fingerprint density at radius 2 is 1.45 bits per heavy atom. The maximum absolute atomic E-state index is 9.90. The van der Waals surface area contributed by atoms with Crippen molar-refractivity contribution in [1.29, 1.82) is 15.8 Å². The molecule has 0 N–H and O–H groups in total. The van der Waals surface area contributed by atoms with Gasteiger partial charge in [-0.05, 0) is 79.4 Å². The molecule has 6 aromatic rings. The van der Waals surface area contributed by atoms with Crippen molar-refractivity contribution in [2.24, 2.45) is 0 Å². The molecule has 0 saturated heterocycles. The van der Waals surface area contributed by atoms with E-state index in [4.69, 9.17) is 4.74 Å². The highest BCUT2D eigenvalue weighted by Crippen LogP contribution is 2.52. The number of fused-ring (bicyclic) bond motifs is 5. The SMILES string of the molecule is Cc1ccc2c(c1)c1cc(-c3c(C)cccc3C)cc3c1n2-c1sc(-c2c(C#N)cc(C#N)cc2C#N)cc1O3. The van der Waals surface area contributed by atoms with Crippen LogP contribution in [-0.2, 0) is 0 Å². The largest absolute Gasteiger partial charge is 0.452 e. The Bertz CT molecular complexity index is 2160. The van der Waals surface area contributed by atoms with E-state index in [1.807, 2.05) is 12.1 Å². The monoisotopic (exact) mass is 532 g/mol. The molecule has 0 spiro atoms. The van der Waals surface area contributed by atoms with Crippen molar-refractivity contribution in [3.05, 3.63) is 100 Å². The van der Waals surface area contributed by atoms with Crippen LogP contribution in [0.4, 0.5) is 0 Å². The third kappa shape index (κ3) is 3.29. The summed E-state index contributed by atoms with van der Waals surface area (Å²) in [5.74, 6) is 1.43. The fraction of sp³-hybridized carbons (Fsp3) is 0.0882. The molecule has 2 aromatic heterocycles. The molecule has 0 amide bonds. The van der Waals surface area contributed by atoms with Gasteiger partial charge in [0, 0.05) is 27.3 Å². The predicted molar refractivity (Wildman–Crippen MR) is 158 cm³/mol. The average Bonchev–Trinajstić information content (AvgIpc) is 3.51. The number of aryl methyl sites for hydroxylation is 3. The van der Waals surface area contributed by atoms with Crippen LogP contribution >= 0.6 is 11.3 Å². The number of thiophene rings is 1. The lowest BCUT2D eigenvalue weighted by Gasteiger charge is -2.19. The predicted octanol–water partition coefficient (Wildman–Crippen LogP) is 8.83. The minimum absolute atomic E-state index is 0.286. The van der Waals surface area contributed by atoms with Gasteiger partial charge in [-0.1, -0.05) is 29.8 Å². The number of benzene rings is 4. The normalized spacial score (nSPS) is 11.5. The first-order valence-electron chi connectivity index (χ1n) is 12.8. The van der Waals surface area contributed by atoms with Gasteiger partial charge in [-0.15, -0.1) is 11.3 Å². The van der Waals surface area contributed by atoms with Crippen LogP contribution in [0.25, 0.3) is 48.4 Å². The minimum Gasteiger partial charge on any atom is -0.452 e. The first kappa shape index (κ1) is 23.7. The van der Waals surface area contributed by atoms with Crippen LogP contribution in [0.15, 0.2) is 66.7 Å². The van der Waals surface area contributed by atoms with Gasteiger partial charge in [-0.3, -0.25) is 4.57 Å². The average molecular weight is 533 g/mol. The van der Waals surface area contributed by atoms with E-state index in [9.17, 15) is 15.8 Å². The van der Waals surface area contributed by atoms with Gasteiger partial charge in [0.05, 0.1) is 45.9 Å². The number of hydrogen-bond donors (Lipinski definition) is 0. The second-order valence-electron chi connectivity index (χ2n) is 10.2. The molecule has 0 atom stereocenters. The Kier molecular flexibility index (Phi) is 5.09. The molecule has 5 nitrogen and oxygen atoms in total. The molecule has 40 heavy (non-hydrogen) atoms. The van der Waals surface area contributed by atoms with Crippen molar-refractivity contribution in [2.75, 3.05) is 0 Å². The number of rotatable bonds is 2.